The molecule has 114 valence electrons. The summed E-state index contributed by atoms with van der Waals surface area (Å²) in [7, 11) is 0. The van der Waals surface area contributed by atoms with Crippen LogP contribution in [0.4, 0.5) is 0 Å². The molecule has 4 N–H and O–H groups in total. The van der Waals surface area contributed by atoms with Gasteiger partial charge in [-0.1, -0.05) is 37.3 Å². The summed E-state index contributed by atoms with van der Waals surface area (Å²) in [5.74, 6) is -0.904. The van der Waals surface area contributed by atoms with Crippen molar-refractivity contribution >= 4 is 11.9 Å². The first kappa shape index (κ1) is 15.5. The van der Waals surface area contributed by atoms with Crippen molar-refractivity contribution < 1.29 is 14.7 Å². The summed E-state index contributed by atoms with van der Waals surface area (Å²) in [6, 6.07) is 8.13. The number of amides is 1. The van der Waals surface area contributed by atoms with E-state index in [0.29, 0.717) is 24.3 Å². The third-order valence-electron chi connectivity index (χ3n) is 4.34. The second-order valence-corrected chi connectivity index (χ2v) is 5.95. The second kappa shape index (κ2) is 6.26. The molecule has 1 unspecified atom stereocenters. The molecule has 1 amide bonds. The predicted octanol–water partition coefficient (Wildman–Crippen LogP) is 1.84. The van der Waals surface area contributed by atoms with Crippen molar-refractivity contribution in [2.45, 2.75) is 44.2 Å². The van der Waals surface area contributed by atoms with E-state index < -0.39 is 23.5 Å². The number of carbonyl (C=O) groups excluding carboxylic acids is 1. The van der Waals surface area contributed by atoms with Gasteiger partial charge in [0.2, 0.25) is 5.91 Å². The van der Waals surface area contributed by atoms with E-state index in [9.17, 15) is 14.7 Å². The molecule has 0 bridgehead atoms. The normalized spacial score (nSPS) is 26.9. The average molecular weight is 290 g/mol. The van der Waals surface area contributed by atoms with E-state index >= 15 is 0 Å². The Bertz CT molecular complexity index is 508. The number of nitrogens with one attached hydrogen (secondary N) is 1. The molecule has 0 aromatic heterocycles. The lowest BCUT2D eigenvalue weighted by Gasteiger charge is -2.37. The van der Waals surface area contributed by atoms with Crippen molar-refractivity contribution in [3.63, 3.8) is 0 Å². The van der Waals surface area contributed by atoms with Crippen LogP contribution >= 0.6 is 0 Å². The molecule has 0 heterocycles. The molecule has 1 atom stereocenters. The van der Waals surface area contributed by atoms with Gasteiger partial charge in [-0.15, -0.1) is 0 Å². The Hall–Kier alpha value is -1.88. The second-order valence-electron chi connectivity index (χ2n) is 5.95. The molecule has 0 aliphatic heterocycles. The van der Waals surface area contributed by atoms with Gasteiger partial charge in [0.05, 0.1) is 0 Å². The lowest BCUT2D eigenvalue weighted by molar-refractivity contribution is -0.150. The minimum Gasteiger partial charge on any atom is -0.480 e. The SMILES string of the molecule is CC1CCC(NC(=O)C(N)c2ccccc2)(C(=O)O)CC1. The Labute approximate surface area is 124 Å². The first-order chi connectivity index (χ1) is 9.94. The number of hydrogen-bond acceptors (Lipinski definition) is 3. The highest BCUT2D eigenvalue weighted by molar-refractivity contribution is 5.90. The zero-order chi connectivity index (χ0) is 15.5. The van der Waals surface area contributed by atoms with Crippen molar-refractivity contribution in [3.05, 3.63) is 35.9 Å². The van der Waals surface area contributed by atoms with E-state index in [2.05, 4.69) is 12.2 Å². The maximum Gasteiger partial charge on any atom is 0.329 e. The zero-order valence-electron chi connectivity index (χ0n) is 12.2. The average Bonchev–Trinajstić information content (AvgIpc) is 2.49. The van der Waals surface area contributed by atoms with Crippen LogP contribution in [0.25, 0.3) is 0 Å². The van der Waals surface area contributed by atoms with Crippen LogP contribution in [-0.4, -0.2) is 22.5 Å². The molecule has 1 aromatic rings. The topological polar surface area (TPSA) is 92.4 Å². The number of carbonyl (C=O) groups is 2. The van der Waals surface area contributed by atoms with Crippen LogP contribution in [0.3, 0.4) is 0 Å². The Balaban J connectivity index is 2.10. The van der Waals surface area contributed by atoms with Crippen molar-refractivity contribution in [1.29, 1.82) is 0 Å². The molecule has 5 nitrogen and oxygen atoms in total. The fourth-order valence-corrected chi connectivity index (χ4v) is 2.77. The summed E-state index contributed by atoms with van der Waals surface area (Å²) in [5, 5.41) is 12.2. The van der Waals surface area contributed by atoms with Crippen LogP contribution in [0, 0.1) is 5.92 Å². The molecule has 1 aliphatic rings. The summed E-state index contributed by atoms with van der Waals surface area (Å²) in [6.45, 7) is 2.10. The lowest BCUT2D eigenvalue weighted by atomic mass is 9.77. The fourth-order valence-electron chi connectivity index (χ4n) is 2.77. The highest BCUT2D eigenvalue weighted by atomic mass is 16.4. The summed E-state index contributed by atoms with van der Waals surface area (Å²) in [6.07, 6.45) is 2.51. The van der Waals surface area contributed by atoms with Crippen LogP contribution in [0.15, 0.2) is 30.3 Å². The number of carboxylic acid groups (broad SMARTS) is 1. The highest BCUT2D eigenvalue weighted by Crippen LogP contribution is 2.32. The van der Waals surface area contributed by atoms with E-state index in [1.165, 1.54) is 0 Å². The minimum atomic E-state index is -1.17. The summed E-state index contributed by atoms with van der Waals surface area (Å²) in [4.78, 5) is 23.9. The molecule has 5 heteroatoms. The Morgan fingerprint density at radius 3 is 2.38 bits per heavy atom. The van der Waals surface area contributed by atoms with Crippen molar-refractivity contribution in [3.8, 4) is 0 Å². The molecule has 0 saturated heterocycles. The predicted molar refractivity (Wildman–Crippen MR) is 79.5 cm³/mol. The standard InChI is InChI=1S/C16H22N2O3/c1-11-7-9-16(10-8-11,15(20)21)18-14(19)13(17)12-5-3-2-4-6-12/h2-6,11,13H,7-10,17H2,1H3,(H,18,19)(H,20,21). The quantitative estimate of drug-likeness (QED) is 0.789. The van der Waals surface area contributed by atoms with E-state index in [-0.39, 0.29) is 0 Å². The zero-order valence-corrected chi connectivity index (χ0v) is 12.2. The molecule has 21 heavy (non-hydrogen) atoms. The van der Waals surface area contributed by atoms with Gasteiger partial charge in [0, 0.05) is 0 Å². The van der Waals surface area contributed by atoms with Crippen LogP contribution in [0.1, 0.15) is 44.2 Å². The number of carboxylic acids is 1. The number of hydrogen-bond donors (Lipinski definition) is 3. The van der Waals surface area contributed by atoms with E-state index in [1.54, 1.807) is 24.3 Å². The molecular weight excluding hydrogens is 268 g/mol. The highest BCUT2D eigenvalue weighted by Gasteiger charge is 2.43. The number of aliphatic carboxylic acids is 1. The largest absolute Gasteiger partial charge is 0.480 e. The first-order valence-corrected chi connectivity index (χ1v) is 7.30. The Kier molecular flexibility index (Phi) is 4.63. The van der Waals surface area contributed by atoms with Crippen LogP contribution < -0.4 is 11.1 Å². The number of benzene rings is 1. The monoisotopic (exact) mass is 290 g/mol. The van der Waals surface area contributed by atoms with Crippen LogP contribution in [-0.2, 0) is 9.59 Å². The molecule has 1 fully saturated rings. The maximum atomic E-state index is 12.3. The number of nitrogens with two attached hydrogens (primary N) is 1. The van der Waals surface area contributed by atoms with E-state index in [4.69, 9.17) is 5.73 Å². The van der Waals surface area contributed by atoms with E-state index in [0.717, 1.165) is 12.8 Å². The fraction of sp³-hybridized carbons (Fsp3) is 0.500. The van der Waals surface area contributed by atoms with Crippen molar-refractivity contribution in [2.75, 3.05) is 0 Å². The molecule has 1 aliphatic carbocycles. The van der Waals surface area contributed by atoms with Gasteiger partial charge >= 0.3 is 5.97 Å². The van der Waals surface area contributed by atoms with Gasteiger partial charge in [-0.2, -0.15) is 0 Å². The van der Waals surface area contributed by atoms with Gasteiger partial charge in [0.25, 0.3) is 0 Å². The third kappa shape index (κ3) is 3.42. The Morgan fingerprint density at radius 2 is 1.86 bits per heavy atom. The van der Waals surface area contributed by atoms with Crippen molar-refractivity contribution in [2.24, 2.45) is 11.7 Å². The molecule has 0 spiro atoms. The van der Waals surface area contributed by atoms with Crippen LogP contribution in [0.5, 0.6) is 0 Å². The third-order valence-corrected chi connectivity index (χ3v) is 4.34. The van der Waals surface area contributed by atoms with Gasteiger partial charge in [-0.25, -0.2) is 4.79 Å². The van der Waals surface area contributed by atoms with E-state index in [1.807, 2.05) is 6.07 Å². The molecule has 0 radical (unpaired) electrons. The molecular formula is C16H22N2O3. The maximum absolute atomic E-state index is 12.3. The summed E-state index contributed by atoms with van der Waals surface area (Å²) >= 11 is 0. The van der Waals surface area contributed by atoms with Gasteiger partial charge in [-0.3, -0.25) is 4.79 Å². The summed E-state index contributed by atoms with van der Waals surface area (Å²) in [5.41, 5.74) is 5.45. The number of rotatable bonds is 4. The summed E-state index contributed by atoms with van der Waals surface area (Å²) < 4.78 is 0. The van der Waals surface area contributed by atoms with Gasteiger partial charge in [0.15, 0.2) is 0 Å². The Morgan fingerprint density at radius 1 is 1.29 bits per heavy atom. The van der Waals surface area contributed by atoms with Crippen LogP contribution in [0.2, 0.25) is 0 Å². The van der Waals surface area contributed by atoms with Gasteiger partial charge in [-0.05, 0) is 37.2 Å². The van der Waals surface area contributed by atoms with Crippen molar-refractivity contribution in [1.82, 2.24) is 5.32 Å². The lowest BCUT2D eigenvalue weighted by Crippen LogP contribution is -2.57. The van der Waals surface area contributed by atoms with Gasteiger partial charge in [0.1, 0.15) is 11.6 Å². The molecule has 1 saturated carbocycles. The molecule has 2 rings (SSSR count). The smallest absolute Gasteiger partial charge is 0.329 e. The molecule has 1 aromatic carbocycles. The van der Waals surface area contributed by atoms with Gasteiger partial charge < -0.3 is 16.2 Å². The minimum absolute atomic E-state index is 0.432. The first-order valence-electron chi connectivity index (χ1n) is 7.30.